The van der Waals surface area contributed by atoms with E-state index in [1.54, 1.807) is 28.8 Å². The monoisotopic (exact) mass is 534 g/mol. The first-order valence-corrected chi connectivity index (χ1v) is 11.9. The number of hydrogen-bond acceptors (Lipinski definition) is 11. The Hall–Kier alpha value is -3.52. The molecule has 37 heavy (non-hydrogen) atoms. The van der Waals surface area contributed by atoms with Crippen LogP contribution in [0.5, 0.6) is 5.75 Å². The van der Waals surface area contributed by atoms with Crippen molar-refractivity contribution in [2.75, 3.05) is 18.5 Å². The average molecular weight is 535 g/mol. The molecule has 1 saturated carbocycles. The molecule has 1 aliphatic rings. The molecule has 13 nitrogen and oxygen atoms in total. The van der Waals surface area contributed by atoms with E-state index in [4.69, 9.17) is 11.6 Å². The molecule has 0 aliphatic heterocycles. The average Bonchev–Trinajstić information content (AvgIpc) is 3.39. The van der Waals surface area contributed by atoms with E-state index >= 15 is 0 Å². The minimum Gasteiger partial charge on any atom is -0.508 e. The van der Waals surface area contributed by atoms with Crippen molar-refractivity contribution in [3.05, 3.63) is 41.4 Å². The topological polar surface area (TPSA) is 192 Å². The molecule has 2 aromatic heterocycles. The molecule has 6 N–H and O–H groups in total. The first-order chi connectivity index (χ1) is 17.7. The van der Waals surface area contributed by atoms with E-state index in [-0.39, 0.29) is 35.5 Å². The van der Waals surface area contributed by atoms with E-state index in [1.165, 1.54) is 13.3 Å². The van der Waals surface area contributed by atoms with Crippen molar-refractivity contribution in [3.8, 4) is 5.75 Å². The number of fused-ring (bicyclic) bond motifs is 1. The highest BCUT2D eigenvalue weighted by Crippen LogP contribution is 2.34. The number of phenolic OH excluding ortho intramolecular Hbond substituents is 1. The van der Waals surface area contributed by atoms with Crippen LogP contribution in [0.4, 0.5) is 5.82 Å². The van der Waals surface area contributed by atoms with Gasteiger partial charge in [0.05, 0.1) is 31.1 Å². The number of halogens is 1. The summed E-state index contributed by atoms with van der Waals surface area (Å²) >= 11 is 6.18. The van der Waals surface area contributed by atoms with Crippen LogP contribution in [0.15, 0.2) is 30.6 Å². The van der Waals surface area contributed by atoms with Gasteiger partial charge in [0.25, 0.3) is 5.91 Å². The third-order valence-corrected chi connectivity index (χ3v) is 6.30. The van der Waals surface area contributed by atoms with Crippen molar-refractivity contribution in [2.24, 2.45) is 0 Å². The van der Waals surface area contributed by atoms with Crippen LogP contribution in [0, 0.1) is 0 Å². The van der Waals surface area contributed by atoms with Gasteiger partial charge in [0.1, 0.15) is 18.0 Å². The van der Waals surface area contributed by atoms with Gasteiger partial charge in [-0.25, -0.2) is 4.98 Å². The normalized spacial score (nSPS) is 22.1. The fourth-order valence-corrected chi connectivity index (χ4v) is 4.51. The highest BCUT2D eigenvalue weighted by molar-refractivity contribution is 6.28. The van der Waals surface area contributed by atoms with E-state index < -0.39 is 48.8 Å². The number of hydrogen-bond donors (Lipinski definition) is 6. The van der Waals surface area contributed by atoms with Gasteiger partial charge in [-0.05, 0) is 42.1 Å². The Labute approximate surface area is 216 Å². The number of amides is 1. The highest BCUT2D eigenvalue weighted by atomic mass is 35.5. The van der Waals surface area contributed by atoms with Crippen LogP contribution in [0.2, 0.25) is 5.28 Å². The molecule has 1 amide bonds. The summed E-state index contributed by atoms with van der Waals surface area (Å²) in [5.41, 5.74) is 1.49. The fraction of sp³-hybridized carbons (Fsp3) is 0.435. The number of aromatic hydroxyl groups is 1. The maximum absolute atomic E-state index is 12.0. The standard InChI is InChI=1S/C23H27ClN6O7/c1-11(32)37-9-17(34)27-15-7-16(20(36)19(15)35)30-10-25-18-21(28-23(24)29-22(18)30)26-13(8-31)6-12-2-4-14(33)5-3-12/h2-5,10,13,15-16,19-20,31,33,35-36H,6-9H2,1H3,(H,27,34)(H,26,28,29)/t13-,15-,16+,19+,20-/m0/s1. The van der Waals surface area contributed by atoms with Crippen molar-refractivity contribution in [1.82, 2.24) is 24.8 Å². The third kappa shape index (κ3) is 6.07. The van der Waals surface area contributed by atoms with Gasteiger partial charge in [-0.15, -0.1) is 0 Å². The number of carbonyl (C=O) groups excluding carboxylic acids is 2. The molecule has 14 heteroatoms. The number of nitrogens with zero attached hydrogens (tertiary/aromatic N) is 4. The van der Waals surface area contributed by atoms with Gasteiger partial charge in [-0.3, -0.25) is 9.59 Å². The summed E-state index contributed by atoms with van der Waals surface area (Å²) in [5.74, 6) is -0.816. The van der Waals surface area contributed by atoms with Crippen LogP contribution in [-0.2, 0) is 20.7 Å². The number of ether oxygens (including phenoxy) is 1. The molecule has 4 rings (SSSR count). The second-order valence-electron chi connectivity index (χ2n) is 8.80. The number of benzene rings is 1. The van der Waals surface area contributed by atoms with Crippen LogP contribution < -0.4 is 10.6 Å². The summed E-state index contributed by atoms with van der Waals surface area (Å²) in [7, 11) is 0. The molecule has 0 unspecified atom stereocenters. The summed E-state index contributed by atoms with van der Waals surface area (Å²) in [6.07, 6.45) is -0.560. The molecule has 1 aromatic carbocycles. The SMILES string of the molecule is CC(=O)OCC(=O)N[C@H]1C[C@@H](n2cnc3c(N[C@H](CO)Cc4ccc(O)cc4)nc(Cl)nc32)[C@H](O)[C@@H]1O. The summed E-state index contributed by atoms with van der Waals surface area (Å²) in [4.78, 5) is 35.8. The zero-order valence-corrected chi connectivity index (χ0v) is 20.5. The number of rotatable bonds is 9. The first kappa shape index (κ1) is 26.5. The quantitative estimate of drug-likeness (QED) is 0.159. The van der Waals surface area contributed by atoms with Crippen LogP contribution in [0.1, 0.15) is 24.9 Å². The lowest BCUT2D eigenvalue weighted by molar-refractivity contribution is -0.146. The lowest BCUT2D eigenvalue weighted by Crippen LogP contribution is -2.44. The number of aliphatic hydroxyl groups excluding tert-OH is 3. The van der Waals surface area contributed by atoms with Crippen LogP contribution in [0.25, 0.3) is 11.2 Å². The molecule has 1 aliphatic carbocycles. The fourth-order valence-electron chi connectivity index (χ4n) is 4.35. The van der Waals surface area contributed by atoms with Gasteiger partial charge in [-0.2, -0.15) is 9.97 Å². The van der Waals surface area contributed by atoms with E-state index in [1.807, 2.05) is 0 Å². The largest absolute Gasteiger partial charge is 0.508 e. The maximum Gasteiger partial charge on any atom is 0.303 e. The van der Waals surface area contributed by atoms with Gasteiger partial charge >= 0.3 is 5.97 Å². The van der Waals surface area contributed by atoms with Gasteiger partial charge in [0.15, 0.2) is 23.6 Å². The number of imidazole rings is 1. The maximum atomic E-state index is 12.0. The molecular formula is C23H27ClN6O7. The second-order valence-corrected chi connectivity index (χ2v) is 9.14. The number of aliphatic hydroxyl groups is 3. The highest BCUT2D eigenvalue weighted by Gasteiger charge is 2.44. The summed E-state index contributed by atoms with van der Waals surface area (Å²) in [6, 6.07) is 4.62. The zero-order chi connectivity index (χ0) is 26.7. The smallest absolute Gasteiger partial charge is 0.303 e. The Kier molecular flexibility index (Phi) is 8.07. The Bertz CT molecular complexity index is 1270. The second kappa shape index (κ2) is 11.3. The predicted molar refractivity (Wildman–Crippen MR) is 131 cm³/mol. The first-order valence-electron chi connectivity index (χ1n) is 11.5. The Balaban J connectivity index is 1.54. The van der Waals surface area contributed by atoms with E-state index in [9.17, 15) is 30.0 Å². The Morgan fingerprint density at radius 1 is 1.22 bits per heavy atom. The number of esters is 1. The predicted octanol–water partition coefficient (Wildman–Crippen LogP) is -0.0847. The summed E-state index contributed by atoms with van der Waals surface area (Å²) in [6.45, 7) is 0.447. The molecule has 2 heterocycles. The number of phenols is 1. The van der Waals surface area contributed by atoms with Crippen molar-refractivity contribution < 1.29 is 34.8 Å². The lowest BCUT2D eigenvalue weighted by Gasteiger charge is -2.19. The molecule has 198 valence electrons. The van der Waals surface area contributed by atoms with Crippen molar-refractivity contribution in [3.63, 3.8) is 0 Å². The van der Waals surface area contributed by atoms with Crippen LogP contribution in [0.3, 0.4) is 0 Å². The van der Waals surface area contributed by atoms with Gasteiger partial charge in [-0.1, -0.05) is 12.1 Å². The Morgan fingerprint density at radius 2 is 1.95 bits per heavy atom. The molecule has 5 atom stereocenters. The number of nitrogens with one attached hydrogen (secondary N) is 2. The van der Waals surface area contributed by atoms with E-state index in [2.05, 4.69) is 30.3 Å². The summed E-state index contributed by atoms with van der Waals surface area (Å²) in [5, 5.41) is 46.2. The molecule has 0 saturated heterocycles. The van der Waals surface area contributed by atoms with E-state index in [0.717, 1.165) is 5.56 Å². The molecule has 0 spiro atoms. The number of carbonyl (C=O) groups is 2. The Morgan fingerprint density at radius 3 is 2.62 bits per heavy atom. The number of anilines is 1. The molecule has 0 radical (unpaired) electrons. The third-order valence-electron chi connectivity index (χ3n) is 6.14. The van der Waals surface area contributed by atoms with Crippen molar-refractivity contribution in [2.45, 2.75) is 50.1 Å². The molecule has 3 aromatic rings. The van der Waals surface area contributed by atoms with Crippen LogP contribution >= 0.6 is 11.6 Å². The van der Waals surface area contributed by atoms with Crippen molar-refractivity contribution >= 4 is 40.5 Å². The minimum absolute atomic E-state index is 0.0997. The summed E-state index contributed by atoms with van der Waals surface area (Å²) < 4.78 is 6.21. The lowest BCUT2D eigenvalue weighted by atomic mass is 10.1. The van der Waals surface area contributed by atoms with Gasteiger partial charge < -0.3 is 40.4 Å². The van der Waals surface area contributed by atoms with Gasteiger partial charge in [0.2, 0.25) is 5.28 Å². The molecule has 1 fully saturated rings. The minimum atomic E-state index is -1.29. The molecule has 0 bridgehead atoms. The molecular weight excluding hydrogens is 508 g/mol. The van der Waals surface area contributed by atoms with E-state index in [0.29, 0.717) is 11.9 Å². The van der Waals surface area contributed by atoms with Gasteiger partial charge in [0, 0.05) is 6.92 Å². The van der Waals surface area contributed by atoms with Crippen LogP contribution in [-0.4, -0.2) is 89.3 Å². The number of aromatic nitrogens is 4. The van der Waals surface area contributed by atoms with Crippen molar-refractivity contribution in [1.29, 1.82) is 0 Å². The zero-order valence-electron chi connectivity index (χ0n) is 19.8.